The van der Waals surface area contributed by atoms with Gasteiger partial charge < -0.3 is 15.1 Å². The van der Waals surface area contributed by atoms with Gasteiger partial charge in [-0.05, 0) is 38.8 Å². The second kappa shape index (κ2) is 8.56. The molecule has 1 aliphatic carbocycles. The number of para-hydroxylation sites is 1. The van der Waals surface area contributed by atoms with Crippen molar-refractivity contribution in [3.63, 3.8) is 0 Å². The van der Waals surface area contributed by atoms with E-state index in [1.165, 1.54) is 18.5 Å². The molecule has 5 nitrogen and oxygen atoms in total. The minimum absolute atomic E-state index is 0.630. The largest absolute Gasteiger partial charge is 0.368 e. The van der Waals surface area contributed by atoms with E-state index in [1.54, 1.807) is 0 Å². The fourth-order valence-corrected chi connectivity index (χ4v) is 3.71. The van der Waals surface area contributed by atoms with E-state index in [1.807, 2.05) is 7.05 Å². The van der Waals surface area contributed by atoms with E-state index in [4.69, 9.17) is 0 Å². The molecule has 2 aliphatic rings. The Kier molecular flexibility index (Phi) is 6.19. The fourth-order valence-electron chi connectivity index (χ4n) is 3.71. The monoisotopic (exact) mass is 343 g/mol. The molecule has 1 saturated carbocycles. The number of anilines is 1. The lowest BCUT2D eigenvalue weighted by Gasteiger charge is -2.38. The zero-order valence-corrected chi connectivity index (χ0v) is 16.0. The summed E-state index contributed by atoms with van der Waals surface area (Å²) >= 11 is 0. The molecule has 1 saturated heterocycles. The fraction of sp³-hybridized carbons (Fsp3) is 0.650. The van der Waals surface area contributed by atoms with Crippen LogP contribution in [0.2, 0.25) is 0 Å². The molecule has 0 amide bonds. The number of rotatable bonds is 6. The summed E-state index contributed by atoms with van der Waals surface area (Å²) in [6.07, 6.45) is 2.74. The first-order chi connectivity index (χ1) is 12.2. The Balaban J connectivity index is 1.44. The number of guanidine groups is 1. The van der Waals surface area contributed by atoms with Crippen LogP contribution < -0.4 is 10.2 Å². The van der Waals surface area contributed by atoms with Crippen molar-refractivity contribution in [2.75, 3.05) is 51.2 Å². The molecule has 5 heteroatoms. The number of hydrogen-bond donors (Lipinski definition) is 1. The van der Waals surface area contributed by atoms with Crippen molar-refractivity contribution in [3.05, 3.63) is 30.3 Å². The zero-order valence-electron chi connectivity index (χ0n) is 16.0. The van der Waals surface area contributed by atoms with E-state index in [-0.39, 0.29) is 0 Å². The van der Waals surface area contributed by atoms with Gasteiger partial charge in [-0.25, -0.2) is 0 Å². The second-order valence-corrected chi connectivity index (χ2v) is 7.35. The predicted molar refractivity (Wildman–Crippen MR) is 106 cm³/mol. The molecule has 0 unspecified atom stereocenters. The average molecular weight is 344 g/mol. The molecule has 2 fully saturated rings. The third kappa shape index (κ3) is 4.88. The smallest absolute Gasteiger partial charge is 0.193 e. The number of hydrogen-bond acceptors (Lipinski definition) is 3. The molecule has 1 heterocycles. The van der Waals surface area contributed by atoms with Crippen LogP contribution in [0.25, 0.3) is 0 Å². The van der Waals surface area contributed by atoms with E-state index < -0.39 is 0 Å². The Labute approximate surface area is 152 Å². The van der Waals surface area contributed by atoms with Crippen LogP contribution in [0.3, 0.4) is 0 Å². The molecular formula is C20H33N5. The third-order valence-corrected chi connectivity index (χ3v) is 5.24. The third-order valence-electron chi connectivity index (χ3n) is 5.24. The van der Waals surface area contributed by atoms with Crippen LogP contribution in [-0.2, 0) is 0 Å². The normalized spacial score (nSPS) is 19.0. The van der Waals surface area contributed by atoms with Gasteiger partial charge in [0.2, 0.25) is 0 Å². The van der Waals surface area contributed by atoms with Gasteiger partial charge in [0.15, 0.2) is 5.96 Å². The highest BCUT2D eigenvalue weighted by Crippen LogP contribution is 2.27. The first kappa shape index (κ1) is 18.1. The van der Waals surface area contributed by atoms with Crippen LogP contribution in [0.1, 0.15) is 26.7 Å². The van der Waals surface area contributed by atoms with Crippen molar-refractivity contribution in [2.24, 2.45) is 4.99 Å². The molecule has 0 aromatic heterocycles. The molecule has 0 bridgehead atoms. The predicted octanol–water partition coefficient (Wildman–Crippen LogP) is 2.26. The Morgan fingerprint density at radius 1 is 1.16 bits per heavy atom. The molecule has 0 spiro atoms. The number of nitrogens with one attached hydrogen (secondary N) is 1. The first-order valence-corrected chi connectivity index (χ1v) is 9.70. The molecule has 0 radical (unpaired) electrons. The molecule has 1 aromatic rings. The summed E-state index contributed by atoms with van der Waals surface area (Å²) in [5.41, 5.74) is 1.32. The van der Waals surface area contributed by atoms with Crippen LogP contribution >= 0.6 is 0 Å². The maximum Gasteiger partial charge on any atom is 0.193 e. The lowest BCUT2D eigenvalue weighted by molar-refractivity contribution is 0.214. The number of piperazine rings is 1. The Bertz CT molecular complexity index is 542. The molecule has 3 rings (SSSR count). The van der Waals surface area contributed by atoms with Crippen molar-refractivity contribution in [2.45, 2.75) is 38.8 Å². The van der Waals surface area contributed by atoms with E-state index in [2.05, 4.69) is 69.2 Å². The van der Waals surface area contributed by atoms with E-state index in [0.29, 0.717) is 6.04 Å². The van der Waals surface area contributed by atoms with Gasteiger partial charge in [-0.3, -0.25) is 9.89 Å². The summed E-state index contributed by atoms with van der Waals surface area (Å²) in [6.45, 7) is 10.8. The number of nitrogens with zero attached hydrogens (tertiary/aromatic N) is 4. The van der Waals surface area contributed by atoms with Crippen molar-refractivity contribution >= 4 is 11.6 Å². The van der Waals surface area contributed by atoms with Crippen molar-refractivity contribution in [1.29, 1.82) is 0 Å². The molecular weight excluding hydrogens is 310 g/mol. The summed E-state index contributed by atoms with van der Waals surface area (Å²) in [6, 6.07) is 12.1. The van der Waals surface area contributed by atoms with Crippen molar-refractivity contribution in [1.82, 2.24) is 15.1 Å². The summed E-state index contributed by atoms with van der Waals surface area (Å²) in [5, 5.41) is 3.58. The van der Waals surface area contributed by atoms with Gasteiger partial charge >= 0.3 is 0 Å². The van der Waals surface area contributed by atoms with Gasteiger partial charge in [0.25, 0.3) is 0 Å². The number of aliphatic imine (C=N–C) groups is 1. The zero-order chi connectivity index (χ0) is 17.6. The van der Waals surface area contributed by atoms with Gasteiger partial charge in [0.05, 0.1) is 0 Å². The highest BCUT2D eigenvalue weighted by Gasteiger charge is 2.30. The topological polar surface area (TPSA) is 34.1 Å². The molecule has 138 valence electrons. The standard InChI is InChI=1S/C20H33N5/c1-17(2)25(19-9-10-19)12-11-22-20(21-3)24-15-13-23(14-16-24)18-7-5-4-6-8-18/h4-8,17,19H,9-16H2,1-3H3,(H,21,22). The maximum absolute atomic E-state index is 4.51. The average Bonchev–Trinajstić information content (AvgIpc) is 3.47. The van der Waals surface area contributed by atoms with E-state index in [9.17, 15) is 0 Å². The van der Waals surface area contributed by atoms with E-state index >= 15 is 0 Å². The van der Waals surface area contributed by atoms with Gasteiger partial charge in [0, 0.05) is 64.1 Å². The Morgan fingerprint density at radius 3 is 2.40 bits per heavy atom. The maximum atomic E-state index is 4.51. The lowest BCUT2D eigenvalue weighted by atomic mass is 10.2. The van der Waals surface area contributed by atoms with Gasteiger partial charge in [0.1, 0.15) is 0 Å². The SMILES string of the molecule is CN=C(NCCN(C(C)C)C1CC1)N1CCN(c2ccccc2)CC1. The van der Waals surface area contributed by atoms with Crippen LogP contribution in [0.4, 0.5) is 5.69 Å². The highest BCUT2D eigenvalue weighted by atomic mass is 15.4. The van der Waals surface area contributed by atoms with Crippen LogP contribution in [-0.4, -0.2) is 74.2 Å². The molecule has 1 N–H and O–H groups in total. The Morgan fingerprint density at radius 2 is 1.84 bits per heavy atom. The highest BCUT2D eigenvalue weighted by molar-refractivity contribution is 5.80. The summed E-state index contributed by atoms with van der Waals surface area (Å²) < 4.78 is 0. The molecule has 25 heavy (non-hydrogen) atoms. The summed E-state index contributed by atoms with van der Waals surface area (Å²) in [4.78, 5) is 12.0. The minimum atomic E-state index is 0.630. The quantitative estimate of drug-likeness (QED) is 0.635. The second-order valence-electron chi connectivity index (χ2n) is 7.35. The van der Waals surface area contributed by atoms with Crippen molar-refractivity contribution < 1.29 is 0 Å². The van der Waals surface area contributed by atoms with Crippen LogP contribution in [0.5, 0.6) is 0 Å². The van der Waals surface area contributed by atoms with Gasteiger partial charge in [-0.15, -0.1) is 0 Å². The van der Waals surface area contributed by atoms with Crippen molar-refractivity contribution in [3.8, 4) is 0 Å². The van der Waals surface area contributed by atoms with Crippen LogP contribution in [0, 0.1) is 0 Å². The summed E-state index contributed by atoms with van der Waals surface area (Å²) in [5.74, 6) is 1.05. The van der Waals surface area contributed by atoms with Gasteiger partial charge in [-0.1, -0.05) is 18.2 Å². The number of benzene rings is 1. The molecule has 1 aliphatic heterocycles. The first-order valence-electron chi connectivity index (χ1n) is 9.70. The van der Waals surface area contributed by atoms with Gasteiger partial charge in [-0.2, -0.15) is 0 Å². The van der Waals surface area contributed by atoms with Crippen LogP contribution in [0.15, 0.2) is 35.3 Å². The molecule has 0 atom stereocenters. The lowest BCUT2D eigenvalue weighted by Crippen LogP contribution is -2.53. The van der Waals surface area contributed by atoms with E-state index in [0.717, 1.165) is 51.3 Å². The molecule has 1 aromatic carbocycles. The Hall–Kier alpha value is -1.75. The summed E-state index contributed by atoms with van der Waals surface area (Å²) in [7, 11) is 1.90. The minimum Gasteiger partial charge on any atom is -0.368 e.